The van der Waals surface area contributed by atoms with Crippen molar-refractivity contribution in [3.05, 3.63) is 106 Å². The highest BCUT2D eigenvalue weighted by Gasteiger charge is 2.50. The second-order valence-electron chi connectivity index (χ2n) is 22.4. The predicted octanol–water partition coefficient (Wildman–Crippen LogP) is 10.2. The number of ether oxygens (including phenoxy) is 3. The van der Waals surface area contributed by atoms with Crippen LogP contribution in [0.2, 0.25) is 0 Å². The Bertz CT molecular complexity index is 2970. The monoisotopic (exact) mass is 1010 g/mol. The zero-order valence-corrected chi connectivity index (χ0v) is 43.4. The molecule has 16 nitrogen and oxygen atoms in total. The summed E-state index contributed by atoms with van der Waals surface area (Å²) in [5.41, 5.74) is 5.83. The predicted molar refractivity (Wildman–Crippen MR) is 283 cm³/mol. The third-order valence-corrected chi connectivity index (χ3v) is 18.9. The second kappa shape index (κ2) is 19.8. The number of H-pyrrole nitrogens is 1. The second-order valence-corrected chi connectivity index (χ2v) is 24.1. The molecule has 5 fully saturated rings. The van der Waals surface area contributed by atoms with Crippen LogP contribution < -0.4 is 24.6 Å². The number of likely N-dealkylation sites (tertiary alicyclic amines) is 1. The number of hydrogen-bond acceptors (Lipinski definition) is 13. The number of carbonyl (C=O) groups is 1. The lowest BCUT2D eigenvalue weighted by atomic mass is 9.59. The van der Waals surface area contributed by atoms with Crippen molar-refractivity contribution in [1.82, 2.24) is 19.6 Å². The smallest absolute Gasteiger partial charge is 0.293 e. The Balaban J connectivity index is 0.860. The molecule has 11 rings (SSSR count). The third kappa shape index (κ3) is 9.78. The Morgan fingerprint density at radius 3 is 2.53 bits per heavy atom. The minimum absolute atomic E-state index is 0.0106. The molecule has 2 saturated carbocycles. The molecular weight excluding hydrogens is 945 g/mol. The zero-order chi connectivity index (χ0) is 50.6. The number of sulfonamides is 1. The molecule has 6 aliphatic rings. The number of anilines is 4. The number of carbonyl (C=O) groups excluding carboxylic acids is 1. The van der Waals surface area contributed by atoms with Crippen LogP contribution in [0, 0.1) is 27.4 Å². The molecule has 2 aromatic heterocycles. The van der Waals surface area contributed by atoms with Crippen molar-refractivity contribution in [2.24, 2.45) is 17.3 Å². The molecule has 5 aromatic rings. The van der Waals surface area contributed by atoms with E-state index in [0.29, 0.717) is 72.6 Å². The Hall–Kier alpha value is -5.75. The summed E-state index contributed by atoms with van der Waals surface area (Å²) in [6.45, 7) is 11.5. The van der Waals surface area contributed by atoms with Crippen molar-refractivity contribution in [3.63, 3.8) is 0 Å². The SMILES string of the molecule is COC1(C)CCC(CNc2ccc(S(=O)(=O)NC(=O)c3ccc(N4CCC5(CC4)CC(N4CCC[C@H]4c4ccccc4C(C)C)C5)cc3N3C[C@H]4CCOC[C@H]4Oc4nc5[nH]ccc5cc43)cc2[N+](=O)[O-])CC1. The van der Waals surface area contributed by atoms with Crippen molar-refractivity contribution in [1.29, 1.82) is 0 Å². The lowest BCUT2D eigenvalue weighted by Gasteiger charge is -2.56. The first kappa shape index (κ1) is 49.5. The van der Waals surface area contributed by atoms with Crippen molar-refractivity contribution in [3.8, 4) is 5.88 Å². The molecule has 2 aliphatic carbocycles. The largest absolute Gasteiger partial charge is 0.470 e. The van der Waals surface area contributed by atoms with Crippen LogP contribution in [0.5, 0.6) is 5.88 Å². The minimum Gasteiger partial charge on any atom is -0.470 e. The lowest BCUT2D eigenvalue weighted by Crippen LogP contribution is -2.55. The molecule has 73 heavy (non-hydrogen) atoms. The van der Waals surface area contributed by atoms with Gasteiger partial charge in [-0.05, 0) is 155 Å². The number of nitrogens with one attached hydrogen (secondary N) is 3. The van der Waals surface area contributed by atoms with Crippen molar-refractivity contribution < 1.29 is 32.3 Å². The molecule has 3 atom stereocenters. The number of nitrogens with zero attached hydrogens (tertiary/aromatic N) is 5. The summed E-state index contributed by atoms with van der Waals surface area (Å²) in [4.78, 5) is 41.6. The summed E-state index contributed by atoms with van der Waals surface area (Å²) in [6, 6.07) is 23.4. The van der Waals surface area contributed by atoms with Gasteiger partial charge in [-0.15, -0.1) is 0 Å². The fourth-order valence-electron chi connectivity index (χ4n) is 13.1. The normalized spacial score (nSPS) is 25.4. The van der Waals surface area contributed by atoms with E-state index in [1.54, 1.807) is 13.2 Å². The van der Waals surface area contributed by atoms with E-state index in [1.165, 1.54) is 48.9 Å². The highest BCUT2D eigenvalue weighted by Crippen LogP contribution is 2.55. The highest BCUT2D eigenvalue weighted by molar-refractivity contribution is 7.90. The molecular formula is C56H70N8O8S. The van der Waals surface area contributed by atoms with Gasteiger partial charge in [0.1, 0.15) is 23.1 Å². The van der Waals surface area contributed by atoms with Crippen LogP contribution in [0.25, 0.3) is 11.0 Å². The van der Waals surface area contributed by atoms with E-state index >= 15 is 0 Å². The Labute approximate surface area is 428 Å². The molecule has 3 aromatic carbocycles. The van der Waals surface area contributed by atoms with Gasteiger partial charge >= 0.3 is 0 Å². The number of amides is 1. The first-order valence-corrected chi connectivity index (χ1v) is 28.1. The summed E-state index contributed by atoms with van der Waals surface area (Å²) >= 11 is 0. The van der Waals surface area contributed by atoms with Gasteiger partial charge < -0.3 is 34.3 Å². The van der Waals surface area contributed by atoms with Gasteiger partial charge in [0.05, 0.1) is 33.3 Å². The third-order valence-electron chi connectivity index (χ3n) is 17.6. The molecule has 17 heteroatoms. The van der Waals surface area contributed by atoms with Crippen LogP contribution in [0.4, 0.5) is 28.4 Å². The van der Waals surface area contributed by atoms with Crippen molar-refractivity contribution in [2.75, 3.05) is 68.2 Å². The molecule has 0 bridgehead atoms. The number of methoxy groups -OCH3 is 1. The fourth-order valence-corrected chi connectivity index (χ4v) is 14.0. The molecule has 3 saturated heterocycles. The average molecular weight is 1020 g/mol. The minimum atomic E-state index is -4.60. The first-order chi connectivity index (χ1) is 35.2. The number of nitro groups is 1. The van der Waals surface area contributed by atoms with E-state index in [1.807, 2.05) is 30.5 Å². The van der Waals surface area contributed by atoms with E-state index in [0.717, 1.165) is 81.7 Å². The van der Waals surface area contributed by atoms with E-state index in [2.05, 4.69) is 74.8 Å². The van der Waals surface area contributed by atoms with E-state index < -0.39 is 20.9 Å². The number of hydrogen-bond donors (Lipinski definition) is 3. The number of piperidine rings is 1. The van der Waals surface area contributed by atoms with Crippen LogP contribution in [-0.2, 0) is 19.5 Å². The molecule has 1 spiro atoms. The maximum atomic E-state index is 14.7. The van der Waals surface area contributed by atoms with E-state index in [9.17, 15) is 23.3 Å². The van der Waals surface area contributed by atoms with Gasteiger partial charge in [-0.1, -0.05) is 38.1 Å². The van der Waals surface area contributed by atoms with Crippen molar-refractivity contribution >= 4 is 55.4 Å². The molecule has 6 heterocycles. The molecule has 0 unspecified atom stereocenters. The summed E-state index contributed by atoms with van der Waals surface area (Å²) < 4.78 is 49.0. The van der Waals surface area contributed by atoms with Crippen LogP contribution in [0.1, 0.15) is 125 Å². The van der Waals surface area contributed by atoms with Crippen LogP contribution >= 0.6 is 0 Å². The molecule has 3 N–H and O–H groups in total. The Morgan fingerprint density at radius 2 is 1.77 bits per heavy atom. The van der Waals surface area contributed by atoms with Crippen LogP contribution in [0.15, 0.2) is 83.9 Å². The number of fused-ring (bicyclic) bond motifs is 3. The van der Waals surface area contributed by atoms with Gasteiger partial charge in [-0.3, -0.25) is 19.8 Å². The number of rotatable bonds is 13. The topological polar surface area (TPSA) is 184 Å². The summed E-state index contributed by atoms with van der Waals surface area (Å²) in [6.07, 6.45) is 12.8. The number of benzene rings is 3. The van der Waals surface area contributed by atoms with Gasteiger partial charge in [0, 0.05) is 81.2 Å². The van der Waals surface area contributed by atoms with Gasteiger partial charge in [0.2, 0.25) is 5.88 Å². The maximum Gasteiger partial charge on any atom is 0.293 e. The number of aromatic amines is 1. The number of pyridine rings is 1. The average Bonchev–Trinajstić information content (AvgIpc) is 4.03. The van der Waals surface area contributed by atoms with Gasteiger partial charge in [-0.25, -0.2) is 13.1 Å². The fraction of sp³-hybridized carbons (Fsp3) is 0.536. The Morgan fingerprint density at radius 1 is 0.973 bits per heavy atom. The molecule has 388 valence electrons. The quantitative estimate of drug-likeness (QED) is 0.0749. The zero-order valence-electron chi connectivity index (χ0n) is 42.6. The van der Waals surface area contributed by atoms with Gasteiger partial charge in [-0.2, -0.15) is 4.98 Å². The molecule has 0 radical (unpaired) electrons. The van der Waals surface area contributed by atoms with Crippen LogP contribution in [0.3, 0.4) is 0 Å². The molecule has 1 amide bonds. The summed E-state index contributed by atoms with van der Waals surface area (Å²) in [7, 11) is -2.87. The van der Waals surface area contributed by atoms with Gasteiger partial charge in [0.15, 0.2) is 0 Å². The molecule has 4 aliphatic heterocycles. The lowest BCUT2D eigenvalue weighted by molar-refractivity contribution is -0.384. The van der Waals surface area contributed by atoms with Crippen LogP contribution in [-0.4, -0.2) is 105 Å². The number of aromatic nitrogens is 2. The summed E-state index contributed by atoms with van der Waals surface area (Å²) in [5.74, 6) is 0.319. The number of nitro benzene ring substituents is 1. The van der Waals surface area contributed by atoms with E-state index in [4.69, 9.17) is 19.2 Å². The van der Waals surface area contributed by atoms with Gasteiger partial charge in [0.25, 0.3) is 21.6 Å². The van der Waals surface area contributed by atoms with Crippen molar-refractivity contribution in [2.45, 2.75) is 126 Å². The standard InChI is InChI=1S/C56H70N8O8S/c1-36(2)43-8-5-6-9-44(43)47-10-7-24-62(47)41-31-56(32-41)21-25-61(26-22-56)40-11-13-45(48(29-40)63-34-39-18-27-71-35-51(39)72-54-50(63)28-38-17-23-57-52(38)59-54)53(65)60-73(68,69)42-12-14-46(49(30-42)64(66)67)58-33-37-15-19-55(3,70-4)20-16-37/h5-6,8-9,11-14,17,23,28-30,36-37,39,41,47,51,58H,7,10,15-16,18-22,24-27,31-35H2,1-4H3,(H,57,59)(H,60,65)/t37?,39-,47+,51-,55?/m1/s1. The summed E-state index contributed by atoms with van der Waals surface area (Å²) in [5, 5.41) is 16.5. The highest BCUT2D eigenvalue weighted by atomic mass is 32.2. The Kier molecular flexibility index (Phi) is 13.4. The maximum absolute atomic E-state index is 14.7. The first-order valence-electron chi connectivity index (χ1n) is 26.6. The van der Waals surface area contributed by atoms with E-state index in [-0.39, 0.29) is 45.4 Å².